The van der Waals surface area contributed by atoms with E-state index < -0.39 is 12.0 Å². The number of amides is 2. The Labute approximate surface area is 142 Å². The van der Waals surface area contributed by atoms with Gasteiger partial charge in [0.25, 0.3) is 11.8 Å². The van der Waals surface area contributed by atoms with Crippen LogP contribution < -0.4 is 10.5 Å². The molecule has 0 aliphatic rings. The number of ether oxygens (including phenoxy) is 1. The van der Waals surface area contributed by atoms with E-state index in [1.165, 1.54) is 0 Å². The zero-order valence-electron chi connectivity index (χ0n) is 14.2. The van der Waals surface area contributed by atoms with Gasteiger partial charge >= 0.3 is 0 Å². The SMILES string of the molecule is CCN(C)C(=O)c1cccc(-c2cccc(O[C@H](C)C(N)=O)c2)c1. The zero-order valence-corrected chi connectivity index (χ0v) is 14.2. The minimum atomic E-state index is -0.702. The lowest BCUT2D eigenvalue weighted by Crippen LogP contribution is -2.30. The fourth-order valence-electron chi connectivity index (χ4n) is 2.21. The number of carbonyl (C=O) groups is 2. The van der Waals surface area contributed by atoms with E-state index in [4.69, 9.17) is 10.5 Å². The Hall–Kier alpha value is -2.82. The van der Waals surface area contributed by atoms with Crippen molar-refractivity contribution in [2.24, 2.45) is 5.73 Å². The van der Waals surface area contributed by atoms with Crippen LogP contribution in [0.2, 0.25) is 0 Å². The van der Waals surface area contributed by atoms with E-state index in [-0.39, 0.29) is 5.91 Å². The average Bonchev–Trinajstić information content (AvgIpc) is 2.60. The normalized spacial score (nSPS) is 11.6. The molecule has 0 aliphatic carbocycles. The second-order valence-corrected chi connectivity index (χ2v) is 5.59. The molecule has 24 heavy (non-hydrogen) atoms. The Morgan fingerprint density at radius 2 is 1.75 bits per heavy atom. The number of hydrogen-bond donors (Lipinski definition) is 1. The molecule has 0 saturated carbocycles. The van der Waals surface area contributed by atoms with Crippen molar-refractivity contribution in [1.82, 2.24) is 4.90 Å². The Bertz CT molecular complexity index is 743. The summed E-state index contributed by atoms with van der Waals surface area (Å²) in [7, 11) is 1.77. The molecule has 0 aromatic heterocycles. The van der Waals surface area contributed by atoms with Crippen LogP contribution in [0.15, 0.2) is 48.5 Å². The monoisotopic (exact) mass is 326 g/mol. The summed E-state index contributed by atoms with van der Waals surface area (Å²) in [6, 6.07) is 14.8. The summed E-state index contributed by atoms with van der Waals surface area (Å²) in [5.41, 5.74) is 7.66. The average molecular weight is 326 g/mol. The molecule has 2 amide bonds. The van der Waals surface area contributed by atoms with E-state index >= 15 is 0 Å². The molecule has 0 saturated heterocycles. The maximum atomic E-state index is 12.3. The van der Waals surface area contributed by atoms with Gasteiger partial charge in [0.1, 0.15) is 5.75 Å². The first kappa shape index (κ1) is 17.5. The van der Waals surface area contributed by atoms with Gasteiger partial charge in [-0.25, -0.2) is 0 Å². The molecule has 0 unspecified atom stereocenters. The van der Waals surface area contributed by atoms with Gasteiger partial charge in [0, 0.05) is 19.2 Å². The van der Waals surface area contributed by atoms with Gasteiger partial charge < -0.3 is 15.4 Å². The number of nitrogens with zero attached hydrogens (tertiary/aromatic N) is 1. The van der Waals surface area contributed by atoms with Gasteiger partial charge in [-0.3, -0.25) is 9.59 Å². The third-order valence-corrected chi connectivity index (χ3v) is 3.81. The maximum absolute atomic E-state index is 12.3. The summed E-state index contributed by atoms with van der Waals surface area (Å²) in [5, 5.41) is 0. The van der Waals surface area contributed by atoms with Crippen LogP contribution in [0.1, 0.15) is 24.2 Å². The first-order chi connectivity index (χ1) is 11.4. The van der Waals surface area contributed by atoms with Crippen molar-refractivity contribution in [3.8, 4) is 16.9 Å². The van der Waals surface area contributed by atoms with Gasteiger partial charge in [-0.15, -0.1) is 0 Å². The number of hydrogen-bond acceptors (Lipinski definition) is 3. The first-order valence-corrected chi connectivity index (χ1v) is 7.84. The smallest absolute Gasteiger partial charge is 0.258 e. The molecule has 0 heterocycles. The van der Waals surface area contributed by atoms with Crippen LogP contribution in [0.4, 0.5) is 0 Å². The quantitative estimate of drug-likeness (QED) is 0.887. The topological polar surface area (TPSA) is 72.6 Å². The van der Waals surface area contributed by atoms with Crippen LogP contribution in [0.25, 0.3) is 11.1 Å². The van der Waals surface area contributed by atoms with Crippen molar-refractivity contribution < 1.29 is 14.3 Å². The molecule has 2 N–H and O–H groups in total. The van der Waals surface area contributed by atoms with Crippen LogP contribution in [0, 0.1) is 0 Å². The van der Waals surface area contributed by atoms with E-state index in [1.54, 1.807) is 31.0 Å². The molecule has 2 rings (SSSR count). The first-order valence-electron chi connectivity index (χ1n) is 7.84. The number of benzene rings is 2. The molecule has 0 bridgehead atoms. The maximum Gasteiger partial charge on any atom is 0.258 e. The van der Waals surface area contributed by atoms with E-state index in [9.17, 15) is 9.59 Å². The van der Waals surface area contributed by atoms with E-state index in [2.05, 4.69) is 0 Å². The second-order valence-electron chi connectivity index (χ2n) is 5.59. The Morgan fingerprint density at radius 3 is 2.38 bits per heavy atom. The van der Waals surface area contributed by atoms with Gasteiger partial charge in [-0.05, 0) is 49.2 Å². The second kappa shape index (κ2) is 7.64. The molecule has 0 spiro atoms. The van der Waals surface area contributed by atoms with Crippen molar-refractivity contribution in [2.75, 3.05) is 13.6 Å². The van der Waals surface area contributed by atoms with Crippen molar-refractivity contribution >= 4 is 11.8 Å². The third kappa shape index (κ3) is 4.13. The molecule has 0 radical (unpaired) electrons. The van der Waals surface area contributed by atoms with Crippen LogP contribution >= 0.6 is 0 Å². The highest BCUT2D eigenvalue weighted by molar-refractivity contribution is 5.95. The molecule has 126 valence electrons. The summed E-state index contributed by atoms with van der Waals surface area (Å²) in [5.74, 6) is 0.0194. The summed E-state index contributed by atoms with van der Waals surface area (Å²) in [6.45, 7) is 4.19. The minimum Gasteiger partial charge on any atom is -0.481 e. The molecule has 1 atom stereocenters. The molecule has 2 aromatic carbocycles. The Kier molecular flexibility index (Phi) is 5.58. The Morgan fingerprint density at radius 1 is 1.12 bits per heavy atom. The van der Waals surface area contributed by atoms with Gasteiger partial charge in [0.05, 0.1) is 0 Å². The molecule has 2 aromatic rings. The number of primary amides is 1. The molecule has 0 aliphatic heterocycles. The van der Waals surface area contributed by atoms with E-state index in [0.29, 0.717) is 17.9 Å². The molecular weight excluding hydrogens is 304 g/mol. The summed E-state index contributed by atoms with van der Waals surface area (Å²) in [6.07, 6.45) is -0.702. The summed E-state index contributed by atoms with van der Waals surface area (Å²) < 4.78 is 5.52. The summed E-state index contributed by atoms with van der Waals surface area (Å²) >= 11 is 0. The molecular formula is C19H22N2O3. The summed E-state index contributed by atoms with van der Waals surface area (Å²) in [4.78, 5) is 25.1. The van der Waals surface area contributed by atoms with Crippen LogP contribution in [0.3, 0.4) is 0 Å². The fraction of sp³-hybridized carbons (Fsp3) is 0.263. The van der Waals surface area contributed by atoms with Crippen molar-refractivity contribution in [1.29, 1.82) is 0 Å². The van der Waals surface area contributed by atoms with Crippen molar-refractivity contribution in [2.45, 2.75) is 20.0 Å². The number of carbonyl (C=O) groups excluding carboxylic acids is 2. The minimum absolute atomic E-state index is 0.0193. The highest BCUT2D eigenvalue weighted by atomic mass is 16.5. The van der Waals surface area contributed by atoms with Gasteiger partial charge in [0.2, 0.25) is 0 Å². The van der Waals surface area contributed by atoms with Crippen LogP contribution in [0.5, 0.6) is 5.75 Å². The van der Waals surface area contributed by atoms with Gasteiger partial charge in [0.15, 0.2) is 6.10 Å². The van der Waals surface area contributed by atoms with Gasteiger partial charge in [-0.2, -0.15) is 0 Å². The van der Waals surface area contributed by atoms with Crippen molar-refractivity contribution in [3.63, 3.8) is 0 Å². The highest BCUT2D eigenvalue weighted by Crippen LogP contribution is 2.25. The zero-order chi connectivity index (χ0) is 17.7. The van der Waals surface area contributed by atoms with Crippen molar-refractivity contribution in [3.05, 3.63) is 54.1 Å². The standard InChI is InChI=1S/C19H22N2O3/c1-4-21(3)19(23)16-9-5-7-14(11-16)15-8-6-10-17(12-15)24-13(2)18(20)22/h5-13H,4H2,1-3H3,(H2,20,22)/t13-/m1/s1. The predicted octanol–water partition coefficient (Wildman–Crippen LogP) is 2.70. The lowest BCUT2D eigenvalue weighted by Gasteiger charge is -2.15. The predicted molar refractivity (Wildman–Crippen MR) is 93.8 cm³/mol. The molecule has 5 heteroatoms. The van der Waals surface area contributed by atoms with Crippen LogP contribution in [-0.2, 0) is 4.79 Å². The highest BCUT2D eigenvalue weighted by Gasteiger charge is 2.12. The van der Waals surface area contributed by atoms with E-state index in [1.807, 2.05) is 43.3 Å². The van der Waals surface area contributed by atoms with E-state index in [0.717, 1.165) is 11.1 Å². The fourth-order valence-corrected chi connectivity index (χ4v) is 2.21. The lowest BCUT2D eigenvalue weighted by atomic mass is 10.0. The Balaban J connectivity index is 2.29. The molecule has 5 nitrogen and oxygen atoms in total. The number of rotatable bonds is 6. The largest absolute Gasteiger partial charge is 0.481 e. The third-order valence-electron chi connectivity index (χ3n) is 3.81. The van der Waals surface area contributed by atoms with Crippen LogP contribution in [-0.4, -0.2) is 36.4 Å². The number of nitrogens with two attached hydrogens (primary N) is 1. The molecule has 0 fully saturated rings. The van der Waals surface area contributed by atoms with Gasteiger partial charge in [-0.1, -0.05) is 24.3 Å². The lowest BCUT2D eigenvalue weighted by molar-refractivity contribution is -0.123.